The van der Waals surface area contributed by atoms with Gasteiger partial charge in [0.25, 0.3) is 0 Å². The quantitative estimate of drug-likeness (QED) is 0.235. The third kappa shape index (κ3) is 12.4. The molecule has 0 aliphatic heterocycles. The third-order valence-corrected chi connectivity index (χ3v) is 7.42. The number of hydrogen-bond donors (Lipinski definition) is 3. The van der Waals surface area contributed by atoms with E-state index < -0.39 is 34.0 Å². The van der Waals surface area contributed by atoms with Gasteiger partial charge in [0.2, 0.25) is 15.9 Å². The van der Waals surface area contributed by atoms with Crippen molar-refractivity contribution in [3.63, 3.8) is 0 Å². The Bertz CT molecular complexity index is 857. The van der Waals surface area contributed by atoms with E-state index in [9.17, 15) is 28.2 Å². The molecule has 1 aromatic rings. The van der Waals surface area contributed by atoms with E-state index in [1.165, 1.54) is 16.4 Å². The zero-order chi connectivity index (χ0) is 26.3. The van der Waals surface area contributed by atoms with Crippen molar-refractivity contribution >= 4 is 21.9 Å². The van der Waals surface area contributed by atoms with Gasteiger partial charge in [-0.05, 0) is 30.5 Å². The number of amides is 1. The monoisotopic (exact) mass is 512 g/mol. The Morgan fingerprint density at radius 2 is 1.46 bits per heavy atom. The van der Waals surface area contributed by atoms with Gasteiger partial charge < -0.3 is 15.5 Å². The number of phenols is 1. The number of benzene rings is 1. The van der Waals surface area contributed by atoms with Gasteiger partial charge in [0.05, 0.1) is 6.26 Å². The van der Waals surface area contributed by atoms with Crippen LogP contribution in [0.1, 0.15) is 90.0 Å². The number of carbonyl (C=O) groups is 2. The lowest BCUT2D eigenvalue weighted by Crippen LogP contribution is -2.53. The minimum absolute atomic E-state index is 0.0282. The lowest BCUT2D eigenvalue weighted by molar-refractivity contribution is -0.142. The molecule has 1 aromatic carbocycles. The SMILES string of the molecule is CCCCCCCC[C@@H](C(=O)N[C@H](Cc1ccc(O)cc1)C(=O)O)N(CCCCCC)S(C)(=O)=O. The fourth-order valence-corrected chi connectivity index (χ4v) is 5.23. The molecule has 0 spiro atoms. The van der Waals surface area contributed by atoms with Crippen molar-refractivity contribution in [3.05, 3.63) is 29.8 Å². The van der Waals surface area contributed by atoms with Crippen molar-refractivity contribution in [2.24, 2.45) is 0 Å². The second-order valence-electron chi connectivity index (χ2n) is 9.28. The van der Waals surface area contributed by atoms with E-state index in [1.54, 1.807) is 12.1 Å². The first-order valence-corrected chi connectivity index (χ1v) is 14.7. The van der Waals surface area contributed by atoms with E-state index in [2.05, 4.69) is 19.2 Å². The average molecular weight is 513 g/mol. The lowest BCUT2D eigenvalue weighted by Gasteiger charge is -2.30. The lowest BCUT2D eigenvalue weighted by atomic mass is 10.0. The molecule has 0 unspecified atom stereocenters. The predicted molar refractivity (Wildman–Crippen MR) is 139 cm³/mol. The second kappa shape index (κ2) is 16.5. The van der Waals surface area contributed by atoms with Gasteiger partial charge in [0.1, 0.15) is 17.8 Å². The summed E-state index contributed by atoms with van der Waals surface area (Å²) >= 11 is 0. The first kappa shape index (κ1) is 30.9. The van der Waals surface area contributed by atoms with Gasteiger partial charge in [-0.25, -0.2) is 13.2 Å². The molecule has 0 fully saturated rings. The van der Waals surface area contributed by atoms with E-state index in [4.69, 9.17) is 0 Å². The number of aliphatic carboxylic acids is 1. The number of hydrogen-bond acceptors (Lipinski definition) is 5. The molecular formula is C26H44N2O6S. The standard InChI is InChI=1S/C26H44N2O6S/c1-4-6-8-10-11-12-14-24(28(35(3,33)34)19-13-9-7-5-2)25(30)27-23(26(31)32)20-21-15-17-22(29)18-16-21/h15-18,23-24,29H,4-14,19-20H2,1-3H3,(H,27,30)(H,31,32)/t23-,24+/m1/s1. The number of phenolic OH excluding ortho intramolecular Hbond substituents is 1. The molecular weight excluding hydrogens is 468 g/mol. The Morgan fingerprint density at radius 1 is 0.914 bits per heavy atom. The van der Waals surface area contributed by atoms with Crippen LogP contribution in [-0.4, -0.2) is 59.7 Å². The van der Waals surface area contributed by atoms with E-state index in [-0.39, 0.29) is 18.7 Å². The molecule has 0 saturated carbocycles. The zero-order valence-corrected chi connectivity index (χ0v) is 22.4. The zero-order valence-electron chi connectivity index (χ0n) is 21.5. The molecule has 2 atom stereocenters. The van der Waals surface area contributed by atoms with Gasteiger partial charge in [0.15, 0.2) is 0 Å². The van der Waals surface area contributed by atoms with Crippen molar-refractivity contribution in [1.82, 2.24) is 9.62 Å². The number of sulfonamides is 1. The highest BCUT2D eigenvalue weighted by molar-refractivity contribution is 7.88. The van der Waals surface area contributed by atoms with Crippen LogP contribution in [0.5, 0.6) is 5.75 Å². The van der Waals surface area contributed by atoms with Gasteiger partial charge in [0, 0.05) is 13.0 Å². The van der Waals surface area contributed by atoms with Crippen LogP contribution < -0.4 is 5.32 Å². The van der Waals surface area contributed by atoms with Crippen molar-refractivity contribution in [2.75, 3.05) is 12.8 Å². The van der Waals surface area contributed by atoms with Crippen molar-refractivity contribution < 1.29 is 28.2 Å². The van der Waals surface area contributed by atoms with Crippen molar-refractivity contribution in [1.29, 1.82) is 0 Å². The van der Waals surface area contributed by atoms with Crippen molar-refractivity contribution in [3.8, 4) is 5.75 Å². The summed E-state index contributed by atoms with van der Waals surface area (Å²) in [5.41, 5.74) is 0.641. The second-order valence-corrected chi connectivity index (χ2v) is 11.2. The van der Waals surface area contributed by atoms with Crippen molar-refractivity contribution in [2.45, 2.75) is 103 Å². The molecule has 200 valence electrons. The molecule has 8 nitrogen and oxygen atoms in total. The number of carboxylic acid groups (broad SMARTS) is 1. The summed E-state index contributed by atoms with van der Waals surface area (Å²) in [4.78, 5) is 25.2. The highest BCUT2D eigenvalue weighted by Gasteiger charge is 2.34. The fraction of sp³-hybridized carbons (Fsp3) is 0.692. The largest absolute Gasteiger partial charge is 0.508 e. The molecule has 0 saturated heterocycles. The molecule has 9 heteroatoms. The number of nitrogens with one attached hydrogen (secondary N) is 1. The van der Waals surface area contributed by atoms with E-state index in [0.717, 1.165) is 57.6 Å². The molecule has 1 rings (SSSR count). The van der Waals surface area contributed by atoms with Gasteiger partial charge in [-0.15, -0.1) is 0 Å². The van der Waals surface area contributed by atoms with Crippen LogP contribution in [0.15, 0.2) is 24.3 Å². The van der Waals surface area contributed by atoms with Crippen LogP contribution in [0.2, 0.25) is 0 Å². The number of rotatable bonds is 19. The van der Waals surface area contributed by atoms with Gasteiger partial charge in [-0.2, -0.15) is 4.31 Å². The first-order valence-electron chi connectivity index (χ1n) is 12.9. The summed E-state index contributed by atoms with van der Waals surface area (Å²) < 4.78 is 26.6. The minimum atomic E-state index is -3.67. The third-order valence-electron chi connectivity index (χ3n) is 6.13. The first-order chi connectivity index (χ1) is 16.6. The summed E-state index contributed by atoms with van der Waals surface area (Å²) in [7, 11) is -3.67. The molecule has 0 bridgehead atoms. The summed E-state index contributed by atoms with van der Waals surface area (Å²) in [6, 6.07) is 3.96. The fourth-order valence-electron chi connectivity index (χ4n) is 4.11. The summed E-state index contributed by atoms with van der Waals surface area (Å²) in [6.07, 6.45) is 11.0. The van der Waals surface area contributed by atoms with Gasteiger partial charge in [-0.1, -0.05) is 83.8 Å². The van der Waals surface area contributed by atoms with Gasteiger partial charge in [-0.3, -0.25) is 4.79 Å². The molecule has 0 aromatic heterocycles. The highest BCUT2D eigenvalue weighted by atomic mass is 32.2. The average Bonchev–Trinajstić information content (AvgIpc) is 2.79. The Kier molecular flexibility index (Phi) is 14.6. The molecule has 35 heavy (non-hydrogen) atoms. The Morgan fingerprint density at radius 3 is 2.00 bits per heavy atom. The smallest absolute Gasteiger partial charge is 0.326 e. The van der Waals surface area contributed by atoms with Crippen LogP contribution >= 0.6 is 0 Å². The van der Waals surface area contributed by atoms with Gasteiger partial charge >= 0.3 is 5.97 Å². The number of carbonyl (C=O) groups excluding carboxylic acids is 1. The molecule has 1 amide bonds. The minimum Gasteiger partial charge on any atom is -0.508 e. The van der Waals surface area contributed by atoms with Crippen LogP contribution in [-0.2, 0) is 26.0 Å². The maximum Gasteiger partial charge on any atom is 0.326 e. The van der Waals surface area contributed by atoms with E-state index >= 15 is 0 Å². The van der Waals surface area contributed by atoms with E-state index in [1.807, 2.05) is 0 Å². The molecule has 0 aliphatic rings. The Labute approximate surface area is 211 Å². The number of nitrogens with zero attached hydrogens (tertiary/aromatic N) is 1. The molecule has 3 N–H and O–H groups in total. The Hall–Kier alpha value is -2.13. The summed E-state index contributed by atoms with van der Waals surface area (Å²) in [5, 5.41) is 21.8. The van der Waals surface area contributed by atoms with Crippen LogP contribution in [0, 0.1) is 0 Å². The number of unbranched alkanes of at least 4 members (excludes halogenated alkanes) is 8. The van der Waals surface area contributed by atoms with E-state index in [0.29, 0.717) is 24.8 Å². The maximum atomic E-state index is 13.3. The summed E-state index contributed by atoms with van der Waals surface area (Å²) in [6.45, 7) is 4.45. The molecule has 0 aliphatic carbocycles. The maximum absolute atomic E-state index is 13.3. The highest BCUT2D eigenvalue weighted by Crippen LogP contribution is 2.18. The summed E-state index contributed by atoms with van der Waals surface area (Å²) in [5.74, 6) is -1.71. The van der Waals surface area contributed by atoms with Crippen LogP contribution in [0.25, 0.3) is 0 Å². The molecule has 0 heterocycles. The number of carboxylic acids is 1. The Balaban J connectivity index is 3.01. The topological polar surface area (TPSA) is 124 Å². The molecule has 0 radical (unpaired) electrons. The van der Waals surface area contributed by atoms with Crippen LogP contribution in [0.3, 0.4) is 0 Å². The normalized spacial score (nSPS) is 13.5. The van der Waals surface area contributed by atoms with Crippen LogP contribution in [0.4, 0.5) is 0 Å². The number of aromatic hydroxyl groups is 1. The predicted octanol–water partition coefficient (Wildman–Crippen LogP) is 4.47.